The van der Waals surface area contributed by atoms with Crippen molar-refractivity contribution in [2.24, 2.45) is 17.8 Å². The van der Waals surface area contributed by atoms with E-state index >= 15 is 0 Å². The second-order valence-corrected chi connectivity index (χ2v) is 14.5. The lowest BCUT2D eigenvalue weighted by Gasteiger charge is -2.51. The van der Waals surface area contributed by atoms with Gasteiger partial charge in [0.15, 0.2) is 21.2 Å². The molecule has 15 heteroatoms. The van der Waals surface area contributed by atoms with Crippen LogP contribution < -0.4 is 9.64 Å². The van der Waals surface area contributed by atoms with E-state index in [1.165, 1.54) is 25.3 Å². The molecule has 6 atom stereocenters. The summed E-state index contributed by atoms with van der Waals surface area (Å²) in [5, 5.41) is 19.8. The van der Waals surface area contributed by atoms with Crippen molar-refractivity contribution in [1.82, 2.24) is 4.90 Å². The second kappa shape index (κ2) is 11.6. The van der Waals surface area contributed by atoms with E-state index in [0.717, 1.165) is 21.9 Å². The average molecular weight is 803 g/mol. The van der Waals surface area contributed by atoms with Gasteiger partial charge in [-0.3, -0.25) is 28.9 Å². The number of aliphatic carboxylic acids is 1. The number of amides is 4. The molecule has 0 bridgehead atoms. The molecular weight excluding hydrogens is 778 g/mol. The molecule has 0 radical (unpaired) electrons. The number of nitrogens with zero attached hydrogens (tertiary/aromatic N) is 2. The zero-order chi connectivity index (χ0) is 33.5. The van der Waals surface area contributed by atoms with Crippen LogP contribution in [0, 0.1) is 23.6 Å². The number of ether oxygens (including phenoxy) is 1. The number of carboxylic acids is 1. The third kappa shape index (κ3) is 4.56. The molecule has 3 fully saturated rings. The summed E-state index contributed by atoms with van der Waals surface area (Å²) in [6.07, 6.45) is 1.42. The lowest BCUT2D eigenvalue weighted by Crippen LogP contribution is -2.60. The number of rotatable bonds is 7. The SMILES string of the molecule is COc1cc([C@H]2C3=CC[C@@H]4C(=O)N(CCCC(=O)O)C(=O)[C@@H]4[C@@H]3C[C@@]3(Cl)C(=O)N(c4ccc(F)cc4)C(=O)[C@@]23Cl)c(Br)c(Br)c1O. The minimum Gasteiger partial charge on any atom is -0.503 e. The van der Waals surface area contributed by atoms with E-state index in [1.54, 1.807) is 6.08 Å². The number of allylic oxidation sites excluding steroid dienone is 2. The summed E-state index contributed by atoms with van der Waals surface area (Å²) < 4.78 is 19.7. The number of aromatic hydroxyl groups is 1. The number of benzene rings is 2. The first-order valence-electron chi connectivity index (χ1n) is 14.2. The lowest BCUT2D eigenvalue weighted by atomic mass is 9.56. The third-order valence-electron chi connectivity index (χ3n) is 9.46. The Morgan fingerprint density at radius 2 is 1.74 bits per heavy atom. The van der Waals surface area contributed by atoms with E-state index in [4.69, 9.17) is 33.0 Å². The highest BCUT2D eigenvalue weighted by atomic mass is 79.9. The number of fused-ring (bicyclic) bond motifs is 4. The standard InChI is InChI=1S/C31H25Br2Cl2FN2O8/c1-46-19-11-17(23(32)24(33)25(19)41)22-15-8-9-16-21(27(43)37(26(16)42)10-2-3-20(39)40)18(15)12-30(34)28(44)38(29(45)31(22,30)35)14-6-4-13(36)5-7-14/h4-8,11,16,18,21-22,41H,2-3,9-10,12H2,1H3,(H,39,40)/t16-,18+,21-,22+,30+,31-/m0/s1. The van der Waals surface area contributed by atoms with E-state index in [2.05, 4.69) is 31.9 Å². The monoisotopic (exact) mass is 800 g/mol. The molecule has 4 amide bonds. The van der Waals surface area contributed by atoms with Crippen molar-refractivity contribution in [2.45, 2.75) is 41.3 Å². The Balaban J connectivity index is 1.54. The molecular formula is C31H25Br2Cl2FN2O8. The molecule has 0 aromatic heterocycles. The summed E-state index contributed by atoms with van der Waals surface area (Å²) in [6, 6.07) is 6.15. The van der Waals surface area contributed by atoms with Crippen molar-refractivity contribution in [2.75, 3.05) is 18.6 Å². The van der Waals surface area contributed by atoms with Gasteiger partial charge in [-0.1, -0.05) is 11.6 Å². The van der Waals surface area contributed by atoms with Crippen LogP contribution in [0.25, 0.3) is 0 Å². The van der Waals surface area contributed by atoms with Gasteiger partial charge < -0.3 is 14.9 Å². The lowest BCUT2D eigenvalue weighted by molar-refractivity contribution is -0.142. The molecule has 242 valence electrons. The number of alkyl halides is 2. The predicted molar refractivity (Wildman–Crippen MR) is 170 cm³/mol. The highest BCUT2D eigenvalue weighted by Crippen LogP contribution is 2.67. The Kier molecular flexibility index (Phi) is 8.31. The minimum absolute atomic E-state index is 0.0193. The zero-order valence-corrected chi connectivity index (χ0v) is 28.6. The highest BCUT2D eigenvalue weighted by Gasteiger charge is 2.76. The van der Waals surface area contributed by atoms with Gasteiger partial charge in [-0.25, -0.2) is 9.29 Å². The van der Waals surface area contributed by atoms with Crippen LogP contribution in [0.1, 0.15) is 37.2 Å². The smallest absolute Gasteiger partial charge is 0.303 e. The van der Waals surface area contributed by atoms with Crippen LogP contribution in [-0.2, 0) is 24.0 Å². The van der Waals surface area contributed by atoms with Crippen molar-refractivity contribution in [3.05, 3.63) is 62.3 Å². The number of phenolic OH excluding ortho intramolecular Hbond substituents is 1. The normalized spacial score (nSPS) is 30.3. The molecule has 2 aliphatic carbocycles. The van der Waals surface area contributed by atoms with Gasteiger partial charge >= 0.3 is 5.97 Å². The summed E-state index contributed by atoms with van der Waals surface area (Å²) in [5.41, 5.74) is 0.858. The topological polar surface area (TPSA) is 142 Å². The molecule has 0 unspecified atom stereocenters. The van der Waals surface area contributed by atoms with E-state index < -0.39 is 68.8 Å². The highest BCUT2D eigenvalue weighted by molar-refractivity contribution is 9.13. The van der Waals surface area contributed by atoms with Gasteiger partial charge in [-0.05, 0) is 92.9 Å². The van der Waals surface area contributed by atoms with Crippen molar-refractivity contribution in [3.8, 4) is 11.5 Å². The van der Waals surface area contributed by atoms with Gasteiger partial charge in [0.1, 0.15) is 5.82 Å². The van der Waals surface area contributed by atoms with Crippen LogP contribution in [0.3, 0.4) is 0 Å². The summed E-state index contributed by atoms with van der Waals surface area (Å²) in [6.45, 7) is -0.0860. The van der Waals surface area contributed by atoms with Gasteiger partial charge in [0.2, 0.25) is 11.8 Å². The molecule has 2 saturated heterocycles. The van der Waals surface area contributed by atoms with E-state index in [9.17, 15) is 33.5 Å². The van der Waals surface area contributed by atoms with Crippen LogP contribution in [0.5, 0.6) is 11.5 Å². The molecule has 2 N–H and O–H groups in total. The first-order chi connectivity index (χ1) is 21.7. The Morgan fingerprint density at radius 3 is 2.37 bits per heavy atom. The van der Waals surface area contributed by atoms with Crippen LogP contribution in [0.15, 0.2) is 50.9 Å². The number of halogens is 5. The number of carbonyl (C=O) groups excluding carboxylic acids is 4. The Hall–Kier alpha value is -3.00. The fourth-order valence-corrected chi connectivity index (χ4v) is 9.28. The van der Waals surface area contributed by atoms with E-state index in [0.29, 0.717) is 11.1 Å². The average Bonchev–Trinajstić information content (AvgIpc) is 3.34. The quantitative estimate of drug-likeness (QED) is 0.213. The largest absolute Gasteiger partial charge is 0.503 e. The number of carbonyl (C=O) groups is 5. The van der Waals surface area contributed by atoms with Crippen molar-refractivity contribution >= 4 is 90.3 Å². The summed E-state index contributed by atoms with van der Waals surface area (Å²) in [7, 11) is 1.33. The maximum absolute atomic E-state index is 14.5. The van der Waals surface area contributed by atoms with Crippen LogP contribution in [0.4, 0.5) is 10.1 Å². The summed E-state index contributed by atoms with van der Waals surface area (Å²) >= 11 is 21.6. The predicted octanol–water partition coefficient (Wildman–Crippen LogP) is 5.49. The zero-order valence-electron chi connectivity index (χ0n) is 23.9. The summed E-state index contributed by atoms with van der Waals surface area (Å²) in [5.74, 6) is -8.36. The number of methoxy groups -OCH3 is 1. The number of imide groups is 2. The molecule has 1 saturated carbocycles. The molecule has 2 aliphatic heterocycles. The van der Waals surface area contributed by atoms with Gasteiger partial charge in [0.25, 0.3) is 11.8 Å². The molecule has 2 aromatic carbocycles. The number of likely N-dealkylation sites (tertiary alicyclic amines) is 1. The maximum Gasteiger partial charge on any atom is 0.303 e. The maximum atomic E-state index is 14.5. The Labute approximate surface area is 288 Å². The molecule has 2 heterocycles. The first kappa shape index (κ1) is 32.9. The van der Waals surface area contributed by atoms with Crippen LogP contribution in [0.2, 0.25) is 0 Å². The number of hydrogen-bond donors (Lipinski definition) is 2. The van der Waals surface area contributed by atoms with Crippen molar-refractivity contribution in [1.29, 1.82) is 0 Å². The van der Waals surface area contributed by atoms with Gasteiger partial charge in [0.05, 0.1) is 29.1 Å². The number of phenols is 1. The molecule has 4 aliphatic rings. The molecule has 0 spiro atoms. The number of carboxylic acid groups (broad SMARTS) is 1. The Morgan fingerprint density at radius 1 is 1.07 bits per heavy atom. The van der Waals surface area contributed by atoms with Gasteiger partial charge in [-0.2, -0.15) is 0 Å². The fraction of sp³-hybridized carbons (Fsp3) is 0.387. The van der Waals surface area contributed by atoms with E-state index in [-0.39, 0.29) is 58.4 Å². The molecule has 2 aromatic rings. The van der Waals surface area contributed by atoms with Crippen molar-refractivity contribution < 1.29 is 43.3 Å². The minimum atomic E-state index is -2.19. The third-order valence-corrected chi connectivity index (χ3v) is 13.0. The second-order valence-electron chi connectivity index (χ2n) is 11.7. The molecule has 10 nitrogen and oxygen atoms in total. The fourth-order valence-electron chi connectivity index (χ4n) is 7.40. The van der Waals surface area contributed by atoms with E-state index in [1.807, 2.05) is 0 Å². The number of anilines is 1. The van der Waals surface area contributed by atoms with Crippen LogP contribution >= 0.6 is 55.1 Å². The summed E-state index contributed by atoms with van der Waals surface area (Å²) in [4.78, 5) is 64.9. The van der Waals surface area contributed by atoms with Crippen molar-refractivity contribution in [3.63, 3.8) is 0 Å². The first-order valence-corrected chi connectivity index (χ1v) is 16.6. The van der Waals surface area contributed by atoms with Gasteiger partial charge in [-0.15, -0.1) is 23.2 Å². The Bertz CT molecular complexity index is 1760. The molecule has 46 heavy (non-hydrogen) atoms. The molecule has 6 rings (SSSR count). The number of hydrogen-bond acceptors (Lipinski definition) is 7. The van der Waals surface area contributed by atoms with Gasteiger partial charge in [0, 0.05) is 23.4 Å². The van der Waals surface area contributed by atoms with Crippen LogP contribution in [-0.4, -0.2) is 68.1 Å².